The standard InChI is InChI=1S/C14H28N2O3/c1-8-9-11(17)16(7)10-14(5,6)15-12(18)19-13(2,3)4/h8-10H2,1-7H3,(H,15,18). The number of ether oxygens (including phenoxy) is 1. The van der Waals surface area contributed by atoms with Crippen LogP contribution in [-0.2, 0) is 9.53 Å². The molecule has 0 heterocycles. The van der Waals surface area contributed by atoms with Crippen molar-refractivity contribution in [3.05, 3.63) is 0 Å². The third-order valence-electron chi connectivity index (χ3n) is 2.36. The molecule has 0 aromatic heterocycles. The van der Waals surface area contributed by atoms with Crippen molar-refractivity contribution in [2.24, 2.45) is 0 Å². The largest absolute Gasteiger partial charge is 0.444 e. The van der Waals surface area contributed by atoms with Crippen LogP contribution in [0.3, 0.4) is 0 Å². The van der Waals surface area contributed by atoms with Crippen LogP contribution in [-0.4, -0.2) is 41.6 Å². The number of carbonyl (C=O) groups is 2. The minimum atomic E-state index is -0.527. The molecular weight excluding hydrogens is 244 g/mol. The molecule has 1 N–H and O–H groups in total. The van der Waals surface area contributed by atoms with Gasteiger partial charge in [0.15, 0.2) is 0 Å². The Morgan fingerprint density at radius 3 is 2.11 bits per heavy atom. The topological polar surface area (TPSA) is 58.6 Å². The van der Waals surface area contributed by atoms with E-state index in [0.717, 1.165) is 6.42 Å². The van der Waals surface area contributed by atoms with Gasteiger partial charge in [-0.05, 0) is 41.0 Å². The summed E-state index contributed by atoms with van der Waals surface area (Å²) < 4.78 is 5.21. The Balaban J connectivity index is 4.39. The van der Waals surface area contributed by atoms with Gasteiger partial charge in [-0.2, -0.15) is 0 Å². The first-order valence-electron chi connectivity index (χ1n) is 6.72. The maximum atomic E-state index is 11.7. The third-order valence-corrected chi connectivity index (χ3v) is 2.36. The Labute approximate surface area is 116 Å². The van der Waals surface area contributed by atoms with Crippen LogP contribution in [0.4, 0.5) is 4.79 Å². The molecule has 2 amide bonds. The number of nitrogens with one attached hydrogen (secondary N) is 1. The molecule has 5 heteroatoms. The summed E-state index contributed by atoms with van der Waals surface area (Å²) in [6.45, 7) is 11.6. The van der Waals surface area contributed by atoms with E-state index in [1.807, 2.05) is 41.5 Å². The van der Waals surface area contributed by atoms with Crippen molar-refractivity contribution in [3.8, 4) is 0 Å². The van der Waals surface area contributed by atoms with E-state index in [-0.39, 0.29) is 5.91 Å². The van der Waals surface area contributed by atoms with E-state index in [9.17, 15) is 9.59 Å². The predicted molar refractivity (Wildman–Crippen MR) is 76.0 cm³/mol. The lowest BCUT2D eigenvalue weighted by Gasteiger charge is -2.32. The van der Waals surface area contributed by atoms with Crippen molar-refractivity contribution < 1.29 is 14.3 Å². The molecule has 0 aromatic carbocycles. The second kappa shape index (κ2) is 6.78. The van der Waals surface area contributed by atoms with Crippen LogP contribution >= 0.6 is 0 Å². The number of likely N-dealkylation sites (N-methyl/N-ethyl adjacent to an activating group) is 1. The Morgan fingerprint density at radius 2 is 1.68 bits per heavy atom. The highest BCUT2D eigenvalue weighted by Gasteiger charge is 2.27. The van der Waals surface area contributed by atoms with Gasteiger partial charge >= 0.3 is 6.09 Å². The van der Waals surface area contributed by atoms with Crippen LogP contribution in [0.15, 0.2) is 0 Å². The average Bonchev–Trinajstić information content (AvgIpc) is 2.12. The second-order valence-electron chi connectivity index (χ2n) is 6.51. The molecule has 0 aliphatic heterocycles. The summed E-state index contributed by atoms with van der Waals surface area (Å²) >= 11 is 0. The maximum absolute atomic E-state index is 11.7. The predicted octanol–water partition coefficient (Wildman–Crippen LogP) is 2.55. The van der Waals surface area contributed by atoms with Gasteiger partial charge in [-0.25, -0.2) is 4.79 Å². The second-order valence-corrected chi connectivity index (χ2v) is 6.51. The Kier molecular flexibility index (Phi) is 6.33. The highest BCUT2D eigenvalue weighted by atomic mass is 16.6. The average molecular weight is 272 g/mol. The van der Waals surface area contributed by atoms with Gasteiger partial charge in [-0.15, -0.1) is 0 Å². The monoisotopic (exact) mass is 272 g/mol. The van der Waals surface area contributed by atoms with Crippen LogP contribution in [0.2, 0.25) is 0 Å². The number of amides is 2. The molecule has 19 heavy (non-hydrogen) atoms. The lowest BCUT2D eigenvalue weighted by Crippen LogP contribution is -2.52. The molecule has 0 unspecified atom stereocenters. The first-order valence-corrected chi connectivity index (χ1v) is 6.72. The fourth-order valence-corrected chi connectivity index (χ4v) is 1.71. The van der Waals surface area contributed by atoms with Gasteiger partial charge in [0.1, 0.15) is 5.60 Å². The van der Waals surface area contributed by atoms with Gasteiger partial charge in [-0.3, -0.25) is 4.79 Å². The Morgan fingerprint density at radius 1 is 1.16 bits per heavy atom. The van der Waals surface area contributed by atoms with Crippen LogP contribution in [0.5, 0.6) is 0 Å². The van der Waals surface area contributed by atoms with Crippen LogP contribution in [0.25, 0.3) is 0 Å². The first kappa shape index (κ1) is 17.7. The molecule has 0 rings (SSSR count). The minimum absolute atomic E-state index is 0.0848. The van der Waals surface area contributed by atoms with E-state index < -0.39 is 17.2 Å². The number of hydrogen-bond donors (Lipinski definition) is 1. The van der Waals surface area contributed by atoms with E-state index >= 15 is 0 Å². The molecule has 0 aromatic rings. The fraction of sp³-hybridized carbons (Fsp3) is 0.857. The smallest absolute Gasteiger partial charge is 0.408 e. The van der Waals surface area contributed by atoms with E-state index in [4.69, 9.17) is 4.74 Å². The summed E-state index contributed by atoms with van der Waals surface area (Å²) in [5.74, 6) is 0.0848. The number of rotatable bonds is 5. The van der Waals surface area contributed by atoms with Crippen molar-refractivity contribution in [2.45, 2.75) is 65.5 Å². The van der Waals surface area contributed by atoms with E-state index in [1.165, 1.54) is 0 Å². The SMILES string of the molecule is CCCC(=O)N(C)CC(C)(C)NC(=O)OC(C)(C)C. The number of alkyl carbamates (subject to hydrolysis) is 1. The highest BCUT2D eigenvalue weighted by Crippen LogP contribution is 2.11. The molecular formula is C14H28N2O3. The summed E-state index contributed by atoms with van der Waals surface area (Å²) in [7, 11) is 1.75. The molecule has 112 valence electrons. The van der Waals surface area contributed by atoms with Gasteiger partial charge in [-0.1, -0.05) is 6.92 Å². The summed E-state index contributed by atoms with van der Waals surface area (Å²) in [5.41, 5.74) is -1.05. The van der Waals surface area contributed by atoms with Crippen molar-refractivity contribution in [1.82, 2.24) is 10.2 Å². The van der Waals surface area contributed by atoms with Gasteiger partial charge in [0.05, 0.1) is 5.54 Å². The lowest BCUT2D eigenvalue weighted by atomic mass is 10.1. The van der Waals surface area contributed by atoms with Crippen molar-refractivity contribution in [1.29, 1.82) is 0 Å². The zero-order valence-corrected chi connectivity index (χ0v) is 13.3. The normalized spacial score (nSPS) is 11.9. The van der Waals surface area contributed by atoms with Gasteiger partial charge in [0.2, 0.25) is 5.91 Å². The quantitative estimate of drug-likeness (QED) is 0.836. The zero-order valence-electron chi connectivity index (χ0n) is 13.3. The summed E-state index contributed by atoms with van der Waals surface area (Å²) in [6.07, 6.45) is 0.885. The molecule has 0 saturated carbocycles. The summed E-state index contributed by atoms with van der Waals surface area (Å²) in [5, 5.41) is 2.79. The first-order chi connectivity index (χ1) is 8.47. The van der Waals surface area contributed by atoms with E-state index in [2.05, 4.69) is 5.32 Å². The van der Waals surface area contributed by atoms with Crippen LogP contribution in [0, 0.1) is 0 Å². The molecule has 0 aliphatic rings. The van der Waals surface area contributed by atoms with Crippen molar-refractivity contribution >= 4 is 12.0 Å². The number of hydrogen-bond acceptors (Lipinski definition) is 3. The number of carbonyl (C=O) groups excluding carboxylic acids is 2. The third kappa shape index (κ3) is 8.46. The van der Waals surface area contributed by atoms with Gasteiger partial charge in [0, 0.05) is 20.0 Å². The fourth-order valence-electron chi connectivity index (χ4n) is 1.71. The van der Waals surface area contributed by atoms with Gasteiger partial charge < -0.3 is 15.0 Å². The highest BCUT2D eigenvalue weighted by molar-refractivity contribution is 5.76. The Hall–Kier alpha value is -1.26. The maximum Gasteiger partial charge on any atom is 0.408 e. The lowest BCUT2D eigenvalue weighted by molar-refractivity contribution is -0.130. The van der Waals surface area contributed by atoms with Crippen molar-refractivity contribution in [2.75, 3.05) is 13.6 Å². The summed E-state index contributed by atoms with van der Waals surface area (Å²) in [6, 6.07) is 0. The van der Waals surface area contributed by atoms with E-state index in [1.54, 1.807) is 11.9 Å². The van der Waals surface area contributed by atoms with Crippen molar-refractivity contribution in [3.63, 3.8) is 0 Å². The molecule has 0 spiro atoms. The van der Waals surface area contributed by atoms with Crippen LogP contribution in [0.1, 0.15) is 54.4 Å². The molecule has 0 atom stereocenters. The molecule has 0 radical (unpaired) electrons. The van der Waals surface area contributed by atoms with Gasteiger partial charge in [0.25, 0.3) is 0 Å². The molecule has 0 bridgehead atoms. The van der Waals surface area contributed by atoms with Crippen LogP contribution < -0.4 is 5.32 Å². The zero-order chi connectivity index (χ0) is 15.3. The van der Waals surface area contributed by atoms with E-state index in [0.29, 0.717) is 13.0 Å². The molecule has 0 aliphatic carbocycles. The number of nitrogens with zero attached hydrogens (tertiary/aromatic N) is 1. The molecule has 5 nitrogen and oxygen atoms in total. The molecule has 0 fully saturated rings. The molecule has 0 saturated heterocycles. The minimum Gasteiger partial charge on any atom is -0.444 e. The Bertz CT molecular complexity index is 319. The summed E-state index contributed by atoms with van der Waals surface area (Å²) in [4.78, 5) is 25.1.